The fourth-order valence-corrected chi connectivity index (χ4v) is 3.60. The number of nitrogens with zero attached hydrogens (tertiary/aromatic N) is 6. The highest BCUT2D eigenvalue weighted by atomic mass is 19.1. The molecular weight excluding hydrogens is 375 g/mol. The third-order valence-electron chi connectivity index (χ3n) is 5.12. The molecule has 0 aliphatic carbocycles. The van der Waals surface area contributed by atoms with Gasteiger partial charge in [-0.25, -0.2) is 14.1 Å². The molecule has 29 heavy (non-hydrogen) atoms. The molecule has 2 amide bonds. The molecule has 1 atom stereocenters. The van der Waals surface area contributed by atoms with E-state index < -0.39 is 6.04 Å². The van der Waals surface area contributed by atoms with Gasteiger partial charge in [-0.05, 0) is 38.1 Å². The van der Waals surface area contributed by atoms with Crippen LogP contribution in [-0.4, -0.2) is 76.2 Å². The summed E-state index contributed by atoms with van der Waals surface area (Å²) < 4.78 is 15.0. The number of carbonyl (C=O) groups is 2. The van der Waals surface area contributed by atoms with Crippen LogP contribution < -0.4 is 4.90 Å². The number of benzene rings is 1. The van der Waals surface area contributed by atoms with Crippen LogP contribution in [-0.2, 0) is 16.1 Å². The second-order valence-electron chi connectivity index (χ2n) is 7.44. The molecule has 1 aromatic heterocycles. The first-order valence-corrected chi connectivity index (χ1v) is 9.65. The fourth-order valence-electron chi connectivity index (χ4n) is 3.60. The minimum absolute atomic E-state index is 0.0866. The number of aryl methyl sites for hydroxylation is 3. The molecule has 0 bridgehead atoms. The van der Waals surface area contributed by atoms with Crippen LogP contribution in [0.15, 0.2) is 24.3 Å². The Bertz CT molecular complexity index is 880. The smallest absolute Gasteiger partial charge is 0.246 e. The van der Waals surface area contributed by atoms with Crippen molar-refractivity contribution in [2.75, 3.05) is 38.6 Å². The topological polar surface area (TPSA) is 74.6 Å². The number of amides is 2. The molecule has 0 saturated carbocycles. The Morgan fingerprint density at radius 1 is 1.17 bits per heavy atom. The molecule has 0 N–H and O–H groups in total. The molecule has 1 fully saturated rings. The molecule has 1 unspecified atom stereocenters. The first-order chi connectivity index (χ1) is 13.8. The second kappa shape index (κ2) is 8.59. The van der Waals surface area contributed by atoms with Crippen molar-refractivity contribution < 1.29 is 14.0 Å². The number of hydrogen-bond acceptors (Lipinski definition) is 5. The SMILES string of the molecule is Cc1nc(C)n(CCC(=O)N2CCN(c3ccc(F)cc3)CC2C(=O)N(C)C)n1. The van der Waals surface area contributed by atoms with Gasteiger partial charge in [0.25, 0.3) is 0 Å². The van der Waals surface area contributed by atoms with E-state index >= 15 is 0 Å². The predicted octanol–water partition coefficient (Wildman–Crippen LogP) is 1.23. The van der Waals surface area contributed by atoms with Gasteiger partial charge >= 0.3 is 0 Å². The average Bonchev–Trinajstić information content (AvgIpc) is 3.02. The third-order valence-corrected chi connectivity index (χ3v) is 5.12. The Morgan fingerprint density at radius 3 is 2.45 bits per heavy atom. The first-order valence-electron chi connectivity index (χ1n) is 9.65. The van der Waals surface area contributed by atoms with Gasteiger partial charge in [0, 0.05) is 45.8 Å². The standard InChI is InChI=1S/C20H27FN6O2/c1-14-22-15(2)27(23-14)10-9-19(28)26-12-11-25(13-18(26)20(29)24(3)4)17-7-5-16(21)6-8-17/h5-8,18H,9-13H2,1-4H3. The van der Waals surface area contributed by atoms with E-state index in [2.05, 4.69) is 10.1 Å². The van der Waals surface area contributed by atoms with E-state index in [1.54, 1.807) is 35.8 Å². The minimum Gasteiger partial charge on any atom is -0.367 e. The normalized spacial score (nSPS) is 16.8. The van der Waals surface area contributed by atoms with E-state index in [0.29, 0.717) is 32.0 Å². The van der Waals surface area contributed by atoms with Crippen LogP contribution in [0.4, 0.5) is 10.1 Å². The van der Waals surface area contributed by atoms with Gasteiger partial charge in [-0.1, -0.05) is 0 Å². The van der Waals surface area contributed by atoms with Gasteiger partial charge in [0.15, 0.2) is 0 Å². The van der Waals surface area contributed by atoms with Crippen LogP contribution in [0.2, 0.25) is 0 Å². The molecule has 1 aliphatic rings. The zero-order valence-corrected chi connectivity index (χ0v) is 17.3. The molecule has 0 spiro atoms. The van der Waals surface area contributed by atoms with Crippen molar-refractivity contribution in [1.82, 2.24) is 24.6 Å². The van der Waals surface area contributed by atoms with Crippen molar-refractivity contribution >= 4 is 17.5 Å². The lowest BCUT2D eigenvalue weighted by Crippen LogP contribution is -2.60. The number of carbonyl (C=O) groups excluding carboxylic acids is 2. The van der Waals surface area contributed by atoms with Gasteiger partial charge in [0.2, 0.25) is 11.8 Å². The lowest BCUT2D eigenvalue weighted by atomic mass is 10.1. The van der Waals surface area contributed by atoms with Crippen molar-refractivity contribution in [3.05, 3.63) is 41.7 Å². The summed E-state index contributed by atoms with van der Waals surface area (Å²) in [6, 6.07) is 5.60. The quantitative estimate of drug-likeness (QED) is 0.752. The van der Waals surface area contributed by atoms with Crippen molar-refractivity contribution in [2.45, 2.75) is 32.9 Å². The van der Waals surface area contributed by atoms with Gasteiger partial charge in [-0.3, -0.25) is 9.59 Å². The highest BCUT2D eigenvalue weighted by Gasteiger charge is 2.36. The minimum atomic E-state index is -0.588. The fraction of sp³-hybridized carbons (Fsp3) is 0.500. The largest absolute Gasteiger partial charge is 0.367 e. The monoisotopic (exact) mass is 402 g/mol. The molecule has 1 aliphatic heterocycles. The molecule has 3 rings (SSSR count). The molecular formula is C20H27FN6O2. The number of halogens is 1. The molecule has 1 aromatic carbocycles. The maximum absolute atomic E-state index is 13.2. The zero-order valence-electron chi connectivity index (χ0n) is 17.3. The van der Waals surface area contributed by atoms with Crippen LogP contribution in [0, 0.1) is 19.7 Å². The highest BCUT2D eigenvalue weighted by molar-refractivity contribution is 5.88. The maximum Gasteiger partial charge on any atom is 0.246 e. The summed E-state index contributed by atoms with van der Waals surface area (Å²) in [5, 5.41) is 4.29. The van der Waals surface area contributed by atoms with Gasteiger partial charge < -0.3 is 14.7 Å². The Balaban J connectivity index is 1.72. The molecule has 0 radical (unpaired) electrons. The molecule has 8 nitrogen and oxygen atoms in total. The molecule has 9 heteroatoms. The Hall–Kier alpha value is -2.97. The first kappa shape index (κ1) is 20.8. The van der Waals surface area contributed by atoms with Crippen molar-refractivity contribution in [2.24, 2.45) is 0 Å². The third kappa shape index (κ3) is 4.72. The number of aromatic nitrogens is 3. The van der Waals surface area contributed by atoms with Crippen LogP contribution >= 0.6 is 0 Å². The number of piperazine rings is 1. The zero-order chi connectivity index (χ0) is 21.1. The Labute approximate surface area is 169 Å². The summed E-state index contributed by atoms with van der Waals surface area (Å²) in [7, 11) is 3.37. The van der Waals surface area contributed by atoms with Crippen molar-refractivity contribution in [1.29, 1.82) is 0 Å². The van der Waals surface area contributed by atoms with E-state index in [1.165, 1.54) is 17.0 Å². The molecule has 2 heterocycles. The van der Waals surface area contributed by atoms with Crippen molar-refractivity contribution in [3.63, 3.8) is 0 Å². The van der Waals surface area contributed by atoms with E-state index in [1.807, 2.05) is 18.7 Å². The summed E-state index contributed by atoms with van der Waals surface area (Å²) >= 11 is 0. The second-order valence-corrected chi connectivity index (χ2v) is 7.44. The summed E-state index contributed by atoms with van der Waals surface area (Å²) in [6.45, 7) is 5.46. The van der Waals surface area contributed by atoms with Crippen LogP contribution in [0.3, 0.4) is 0 Å². The average molecular weight is 402 g/mol. The van der Waals surface area contributed by atoms with Gasteiger partial charge in [-0.2, -0.15) is 5.10 Å². The summed E-state index contributed by atoms with van der Waals surface area (Å²) in [6.07, 6.45) is 0.247. The summed E-state index contributed by atoms with van der Waals surface area (Å²) in [4.78, 5) is 35.2. The lowest BCUT2D eigenvalue weighted by molar-refractivity contribution is -0.145. The molecule has 2 aromatic rings. The number of rotatable bonds is 5. The highest BCUT2D eigenvalue weighted by Crippen LogP contribution is 2.21. The van der Waals surface area contributed by atoms with E-state index in [-0.39, 0.29) is 24.1 Å². The van der Waals surface area contributed by atoms with E-state index in [9.17, 15) is 14.0 Å². The number of anilines is 1. The summed E-state index contributed by atoms with van der Waals surface area (Å²) in [5.41, 5.74) is 0.837. The van der Waals surface area contributed by atoms with Gasteiger partial charge in [0.05, 0.1) is 6.54 Å². The van der Waals surface area contributed by atoms with Gasteiger partial charge in [0.1, 0.15) is 23.5 Å². The number of likely N-dealkylation sites (N-methyl/N-ethyl adjacent to an activating group) is 1. The van der Waals surface area contributed by atoms with Crippen molar-refractivity contribution in [3.8, 4) is 0 Å². The molecule has 1 saturated heterocycles. The Morgan fingerprint density at radius 2 is 1.86 bits per heavy atom. The Kier molecular flexibility index (Phi) is 6.14. The summed E-state index contributed by atoms with van der Waals surface area (Å²) in [5.74, 6) is 0.914. The predicted molar refractivity (Wildman–Crippen MR) is 107 cm³/mol. The van der Waals surface area contributed by atoms with Crippen LogP contribution in [0.1, 0.15) is 18.1 Å². The maximum atomic E-state index is 13.2. The lowest BCUT2D eigenvalue weighted by Gasteiger charge is -2.42. The molecule has 156 valence electrons. The van der Waals surface area contributed by atoms with E-state index in [0.717, 1.165) is 11.5 Å². The van der Waals surface area contributed by atoms with Crippen LogP contribution in [0.5, 0.6) is 0 Å². The number of hydrogen-bond donors (Lipinski definition) is 0. The van der Waals surface area contributed by atoms with Gasteiger partial charge in [-0.15, -0.1) is 0 Å². The van der Waals surface area contributed by atoms with E-state index in [4.69, 9.17) is 0 Å². The van der Waals surface area contributed by atoms with Crippen LogP contribution in [0.25, 0.3) is 0 Å².